The van der Waals surface area contributed by atoms with Crippen molar-refractivity contribution in [2.24, 2.45) is 11.8 Å². The molecule has 0 radical (unpaired) electrons. The zero-order valence-corrected chi connectivity index (χ0v) is 27.3. The van der Waals surface area contributed by atoms with E-state index in [1.165, 1.54) is 4.90 Å². The van der Waals surface area contributed by atoms with E-state index in [4.69, 9.17) is 4.74 Å². The van der Waals surface area contributed by atoms with E-state index in [0.29, 0.717) is 30.8 Å². The zero-order valence-electron chi connectivity index (χ0n) is 27.3. The molecule has 4 aliphatic heterocycles. The minimum atomic E-state index is -1.40. The number of anilines is 2. The molecule has 6 atom stereocenters. The van der Waals surface area contributed by atoms with Gasteiger partial charge < -0.3 is 29.4 Å². The highest BCUT2D eigenvalue weighted by Gasteiger charge is 2.76. The van der Waals surface area contributed by atoms with Gasteiger partial charge in [0.05, 0.1) is 30.1 Å². The number of aliphatic hydroxyl groups excluding tert-OH is 1. The first-order valence-corrected chi connectivity index (χ1v) is 16.8. The van der Waals surface area contributed by atoms with Crippen LogP contribution in [-0.4, -0.2) is 89.2 Å². The average molecular weight is 627 g/mol. The van der Waals surface area contributed by atoms with Crippen molar-refractivity contribution in [2.75, 3.05) is 49.1 Å². The standard InChI is InChI=1S/C37H46N4O5/c1-5-22-39-23-12-20-36(6-2)30(33(39)43)31-34(44)41(29(25-42)26-14-10-9-11-15-26)32-35(45)40(24-13-21-37(31,32)46-36)28-18-16-27(17-19-28)38(7-3)8-4/h9-21,29-32,42H,5-8,22-25H2,1-4H3/t29-,30+,31+,32?,36-,37+/m1/s1. The van der Waals surface area contributed by atoms with Crippen LogP contribution in [0.2, 0.25) is 0 Å². The van der Waals surface area contributed by atoms with Crippen molar-refractivity contribution in [2.45, 2.75) is 63.8 Å². The maximum atomic E-state index is 15.0. The van der Waals surface area contributed by atoms with Gasteiger partial charge in [-0.15, -0.1) is 0 Å². The van der Waals surface area contributed by atoms with Crippen molar-refractivity contribution in [1.29, 1.82) is 0 Å². The first kappa shape index (κ1) is 32.0. The Hall–Kier alpha value is -3.95. The fourth-order valence-electron chi connectivity index (χ4n) is 8.25. The van der Waals surface area contributed by atoms with E-state index in [0.717, 1.165) is 25.2 Å². The molecule has 1 unspecified atom stereocenters. The first-order chi connectivity index (χ1) is 22.3. The van der Waals surface area contributed by atoms with E-state index in [1.54, 1.807) is 9.80 Å². The van der Waals surface area contributed by atoms with Crippen molar-refractivity contribution in [3.63, 3.8) is 0 Å². The number of carbonyl (C=O) groups is 3. The van der Waals surface area contributed by atoms with Crippen molar-refractivity contribution in [3.05, 3.63) is 84.5 Å². The second-order valence-corrected chi connectivity index (χ2v) is 12.7. The largest absolute Gasteiger partial charge is 0.394 e. The monoisotopic (exact) mass is 626 g/mol. The third-order valence-electron chi connectivity index (χ3n) is 10.4. The topological polar surface area (TPSA) is 93.6 Å². The molecule has 0 saturated carbocycles. The lowest BCUT2D eigenvalue weighted by atomic mass is 9.73. The lowest BCUT2D eigenvalue weighted by molar-refractivity contribution is -0.152. The van der Waals surface area contributed by atoms with E-state index >= 15 is 4.79 Å². The Kier molecular flexibility index (Phi) is 8.83. The van der Waals surface area contributed by atoms with Crippen LogP contribution in [-0.2, 0) is 19.1 Å². The first-order valence-electron chi connectivity index (χ1n) is 16.8. The molecule has 4 heterocycles. The summed E-state index contributed by atoms with van der Waals surface area (Å²) in [4.78, 5) is 51.7. The highest BCUT2D eigenvalue weighted by Crippen LogP contribution is 2.59. The van der Waals surface area contributed by atoms with Crippen LogP contribution in [0, 0.1) is 11.8 Å². The van der Waals surface area contributed by atoms with Crippen LogP contribution in [0.5, 0.6) is 0 Å². The molecule has 2 saturated heterocycles. The minimum Gasteiger partial charge on any atom is -0.394 e. The number of nitrogens with zero attached hydrogens (tertiary/aromatic N) is 4. The summed E-state index contributed by atoms with van der Waals surface area (Å²) in [5.74, 6) is -2.51. The quantitative estimate of drug-likeness (QED) is 0.395. The maximum absolute atomic E-state index is 15.0. The molecule has 0 aliphatic carbocycles. The Balaban J connectivity index is 1.50. The number of aliphatic hydroxyl groups is 1. The Labute approximate surface area is 272 Å². The summed E-state index contributed by atoms with van der Waals surface area (Å²) < 4.78 is 7.12. The highest BCUT2D eigenvalue weighted by molar-refractivity contribution is 6.06. The fraction of sp³-hybridized carbons (Fsp3) is 0.486. The van der Waals surface area contributed by atoms with Crippen LogP contribution < -0.4 is 9.80 Å². The molecule has 0 aromatic heterocycles. The van der Waals surface area contributed by atoms with Crippen molar-refractivity contribution in [1.82, 2.24) is 9.80 Å². The minimum absolute atomic E-state index is 0.126. The van der Waals surface area contributed by atoms with E-state index in [1.807, 2.05) is 92.7 Å². The predicted octanol–water partition coefficient (Wildman–Crippen LogP) is 4.34. The Morgan fingerprint density at radius 2 is 1.57 bits per heavy atom. The molecule has 6 rings (SSSR count). The van der Waals surface area contributed by atoms with Gasteiger partial charge in [0, 0.05) is 44.1 Å². The van der Waals surface area contributed by atoms with Crippen LogP contribution in [0.15, 0.2) is 78.9 Å². The normalized spacial score (nSPS) is 29.4. The van der Waals surface area contributed by atoms with Crippen LogP contribution in [0.25, 0.3) is 0 Å². The van der Waals surface area contributed by atoms with Gasteiger partial charge in [0.25, 0.3) is 5.91 Å². The van der Waals surface area contributed by atoms with Gasteiger partial charge in [0.15, 0.2) is 0 Å². The van der Waals surface area contributed by atoms with Gasteiger partial charge in [-0.2, -0.15) is 0 Å². The molecule has 2 aromatic carbocycles. The Morgan fingerprint density at radius 3 is 2.20 bits per heavy atom. The highest BCUT2D eigenvalue weighted by atomic mass is 16.5. The lowest BCUT2D eigenvalue weighted by Gasteiger charge is -2.41. The number of carbonyl (C=O) groups excluding carboxylic acids is 3. The summed E-state index contributed by atoms with van der Waals surface area (Å²) in [6.45, 7) is 10.9. The van der Waals surface area contributed by atoms with E-state index in [2.05, 4.69) is 18.7 Å². The Bertz CT molecular complexity index is 1510. The molecule has 0 bridgehead atoms. The summed E-state index contributed by atoms with van der Waals surface area (Å²) in [5, 5.41) is 10.8. The van der Waals surface area contributed by atoms with Gasteiger partial charge in [0.1, 0.15) is 11.6 Å². The molecule has 1 N–H and O–H groups in total. The molecule has 2 fully saturated rings. The number of benzene rings is 2. The second kappa shape index (κ2) is 12.7. The van der Waals surface area contributed by atoms with Crippen LogP contribution in [0.1, 0.15) is 52.1 Å². The third-order valence-corrected chi connectivity index (χ3v) is 10.4. The molecule has 2 aromatic rings. The second-order valence-electron chi connectivity index (χ2n) is 12.7. The van der Waals surface area contributed by atoms with Crippen molar-refractivity contribution in [3.8, 4) is 0 Å². The number of hydrogen-bond donors (Lipinski definition) is 1. The Morgan fingerprint density at radius 1 is 0.870 bits per heavy atom. The van der Waals surface area contributed by atoms with Gasteiger partial charge in [-0.1, -0.05) is 68.5 Å². The molecule has 46 heavy (non-hydrogen) atoms. The van der Waals surface area contributed by atoms with Crippen molar-refractivity contribution >= 4 is 29.1 Å². The lowest BCUT2D eigenvalue weighted by Crippen LogP contribution is -2.57. The van der Waals surface area contributed by atoms with Gasteiger partial charge in [-0.3, -0.25) is 14.4 Å². The number of amides is 3. The average Bonchev–Trinajstić information content (AvgIpc) is 3.37. The number of fused-ring (bicyclic) bond motifs is 2. The third kappa shape index (κ3) is 4.86. The number of hydrogen-bond acceptors (Lipinski definition) is 6. The summed E-state index contributed by atoms with van der Waals surface area (Å²) in [6.07, 6.45) is 8.96. The summed E-state index contributed by atoms with van der Waals surface area (Å²) in [5.41, 5.74) is 0.0441. The van der Waals surface area contributed by atoms with Gasteiger partial charge in [-0.05, 0) is 56.5 Å². The van der Waals surface area contributed by atoms with Crippen LogP contribution in [0.4, 0.5) is 11.4 Å². The molecule has 1 spiro atoms. The maximum Gasteiger partial charge on any atom is 0.253 e. The molecule has 244 valence electrons. The van der Waals surface area contributed by atoms with Crippen LogP contribution in [0.3, 0.4) is 0 Å². The molecular formula is C37H46N4O5. The SMILES string of the molecule is CCCN1CC=C[C@@]2(CC)O[C@]34C=CCN(c5ccc(N(CC)CC)cc5)C(=O)C3N([C@H](CO)c3ccccc3)C(=O)[C@@H]4[C@H]2C1=O. The van der Waals surface area contributed by atoms with Crippen LogP contribution >= 0.6 is 0 Å². The van der Waals surface area contributed by atoms with E-state index in [-0.39, 0.29) is 30.9 Å². The molecule has 9 heteroatoms. The summed E-state index contributed by atoms with van der Waals surface area (Å²) >= 11 is 0. The van der Waals surface area contributed by atoms with Gasteiger partial charge >= 0.3 is 0 Å². The molecule has 9 nitrogen and oxygen atoms in total. The van der Waals surface area contributed by atoms with Crippen molar-refractivity contribution < 1.29 is 24.2 Å². The van der Waals surface area contributed by atoms with E-state index in [9.17, 15) is 14.7 Å². The molecular weight excluding hydrogens is 580 g/mol. The number of rotatable bonds is 10. The number of ether oxygens (including phenoxy) is 1. The summed E-state index contributed by atoms with van der Waals surface area (Å²) in [6, 6.07) is 15.3. The van der Waals surface area contributed by atoms with Gasteiger partial charge in [-0.25, -0.2) is 0 Å². The number of likely N-dealkylation sites (tertiary alicyclic amines) is 1. The predicted molar refractivity (Wildman–Crippen MR) is 178 cm³/mol. The molecule has 3 amide bonds. The zero-order chi connectivity index (χ0) is 32.6. The van der Waals surface area contributed by atoms with E-state index < -0.39 is 35.1 Å². The fourth-order valence-corrected chi connectivity index (χ4v) is 8.25. The summed E-state index contributed by atoms with van der Waals surface area (Å²) in [7, 11) is 0. The smallest absolute Gasteiger partial charge is 0.253 e. The molecule has 4 aliphatic rings. The van der Waals surface area contributed by atoms with Gasteiger partial charge in [0.2, 0.25) is 11.8 Å².